The molecule has 0 spiro atoms. The van der Waals surface area contributed by atoms with E-state index < -0.39 is 0 Å². The number of hydrogen-bond donors (Lipinski definition) is 1. The molecule has 1 aliphatic rings. The van der Waals surface area contributed by atoms with Crippen molar-refractivity contribution >= 4 is 23.2 Å². The lowest BCUT2D eigenvalue weighted by molar-refractivity contribution is 0.0446. The third-order valence-electron chi connectivity index (χ3n) is 3.30. The molecule has 0 aliphatic carbocycles. The van der Waals surface area contributed by atoms with Gasteiger partial charge < -0.3 is 10.1 Å². The number of benzene rings is 1. The summed E-state index contributed by atoms with van der Waals surface area (Å²) < 4.78 is 5.37. The van der Waals surface area contributed by atoms with Crippen LogP contribution in [0.2, 0.25) is 10.0 Å². The van der Waals surface area contributed by atoms with Gasteiger partial charge in [0, 0.05) is 25.3 Å². The Hall–Kier alpha value is -0.280. The van der Waals surface area contributed by atoms with E-state index in [0.29, 0.717) is 10.0 Å². The molecule has 0 unspecified atom stereocenters. The summed E-state index contributed by atoms with van der Waals surface area (Å²) >= 11 is 11.9. The van der Waals surface area contributed by atoms with Crippen LogP contribution in [0.25, 0.3) is 0 Å². The van der Waals surface area contributed by atoms with E-state index >= 15 is 0 Å². The zero-order valence-corrected chi connectivity index (χ0v) is 11.4. The van der Waals surface area contributed by atoms with Gasteiger partial charge in [-0.15, -0.1) is 0 Å². The van der Waals surface area contributed by atoms with Crippen molar-refractivity contribution in [3.8, 4) is 0 Å². The zero-order valence-electron chi connectivity index (χ0n) is 9.93. The molecular formula is C13H17Cl2NO. The number of ether oxygens (including phenoxy) is 1. The number of rotatable bonds is 3. The first-order chi connectivity index (χ1) is 8.09. The van der Waals surface area contributed by atoms with Gasteiger partial charge in [0.05, 0.1) is 10.0 Å². The van der Waals surface area contributed by atoms with Gasteiger partial charge in [0.15, 0.2) is 0 Å². The van der Waals surface area contributed by atoms with Crippen LogP contribution in [-0.4, -0.2) is 18.8 Å². The van der Waals surface area contributed by atoms with E-state index in [0.717, 1.165) is 38.2 Å². The molecule has 1 aromatic carbocycles. The molecule has 1 fully saturated rings. The normalized spacial score (nSPS) is 19.2. The van der Waals surface area contributed by atoms with Gasteiger partial charge in [-0.05, 0) is 37.5 Å². The van der Waals surface area contributed by atoms with E-state index in [1.165, 1.54) is 0 Å². The molecule has 0 saturated carbocycles. The Labute approximate surface area is 112 Å². The van der Waals surface area contributed by atoms with Crippen molar-refractivity contribution in [1.29, 1.82) is 0 Å². The maximum Gasteiger partial charge on any atom is 0.0595 e. The summed E-state index contributed by atoms with van der Waals surface area (Å²) in [6, 6.07) is 5.76. The van der Waals surface area contributed by atoms with Crippen molar-refractivity contribution in [1.82, 2.24) is 5.32 Å². The van der Waals surface area contributed by atoms with Gasteiger partial charge in [-0.2, -0.15) is 0 Å². The average Bonchev–Trinajstić information content (AvgIpc) is 2.32. The minimum Gasteiger partial charge on any atom is -0.381 e. The van der Waals surface area contributed by atoms with Gasteiger partial charge in [-0.25, -0.2) is 0 Å². The van der Waals surface area contributed by atoms with Crippen LogP contribution in [0.3, 0.4) is 0 Å². The van der Waals surface area contributed by atoms with Crippen LogP contribution in [0.5, 0.6) is 0 Å². The molecule has 4 heteroatoms. The zero-order chi connectivity index (χ0) is 12.3. The largest absolute Gasteiger partial charge is 0.381 e. The molecule has 17 heavy (non-hydrogen) atoms. The summed E-state index contributed by atoms with van der Waals surface area (Å²) in [7, 11) is 0. The van der Waals surface area contributed by atoms with Gasteiger partial charge in [0.2, 0.25) is 0 Å². The first-order valence-corrected chi connectivity index (χ1v) is 6.61. The van der Waals surface area contributed by atoms with Crippen LogP contribution in [0.1, 0.15) is 25.3 Å². The maximum atomic E-state index is 5.99. The smallest absolute Gasteiger partial charge is 0.0595 e. The number of halogens is 2. The van der Waals surface area contributed by atoms with Gasteiger partial charge in [-0.3, -0.25) is 0 Å². The fraction of sp³-hybridized carbons (Fsp3) is 0.538. The predicted molar refractivity (Wildman–Crippen MR) is 71.8 cm³/mol. The summed E-state index contributed by atoms with van der Waals surface area (Å²) in [5, 5.41) is 4.80. The molecule has 0 radical (unpaired) electrons. The van der Waals surface area contributed by atoms with Crippen LogP contribution >= 0.6 is 23.2 Å². The lowest BCUT2D eigenvalue weighted by Crippen LogP contribution is -2.46. The Morgan fingerprint density at radius 3 is 2.59 bits per heavy atom. The molecular weight excluding hydrogens is 257 g/mol. The molecule has 0 bridgehead atoms. The van der Waals surface area contributed by atoms with Gasteiger partial charge in [-0.1, -0.05) is 29.3 Å². The third-order valence-corrected chi connectivity index (χ3v) is 4.04. The second-order valence-electron chi connectivity index (χ2n) is 4.78. The quantitative estimate of drug-likeness (QED) is 0.908. The third kappa shape index (κ3) is 3.59. The molecule has 0 aromatic heterocycles. The molecule has 2 rings (SSSR count). The van der Waals surface area contributed by atoms with Crippen LogP contribution in [-0.2, 0) is 11.3 Å². The highest BCUT2D eigenvalue weighted by molar-refractivity contribution is 6.42. The molecule has 1 aliphatic heterocycles. The fourth-order valence-electron chi connectivity index (χ4n) is 1.96. The SMILES string of the molecule is CC1(NCc2ccc(Cl)c(Cl)c2)CCOCC1. The second-order valence-corrected chi connectivity index (χ2v) is 5.59. The van der Waals surface area contributed by atoms with Crippen LogP contribution in [0.4, 0.5) is 0 Å². The first kappa shape index (κ1) is 13.2. The molecule has 0 atom stereocenters. The second kappa shape index (κ2) is 5.57. The van der Waals surface area contributed by atoms with Gasteiger partial charge >= 0.3 is 0 Å². The van der Waals surface area contributed by atoms with E-state index in [4.69, 9.17) is 27.9 Å². The van der Waals surface area contributed by atoms with Gasteiger partial charge in [0.25, 0.3) is 0 Å². The molecule has 1 N–H and O–H groups in total. The van der Waals surface area contributed by atoms with Crippen LogP contribution in [0.15, 0.2) is 18.2 Å². The Balaban J connectivity index is 1.94. The Bertz CT molecular complexity index is 389. The molecule has 0 amide bonds. The lowest BCUT2D eigenvalue weighted by Gasteiger charge is -2.34. The van der Waals surface area contributed by atoms with Crippen molar-refractivity contribution in [3.05, 3.63) is 33.8 Å². The van der Waals surface area contributed by atoms with Crippen molar-refractivity contribution in [2.24, 2.45) is 0 Å². The Morgan fingerprint density at radius 1 is 1.24 bits per heavy atom. The minimum absolute atomic E-state index is 0.171. The summed E-state index contributed by atoms with van der Waals surface area (Å²) in [5.74, 6) is 0. The fourth-order valence-corrected chi connectivity index (χ4v) is 2.28. The van der Waals surface area contributed by atoms with Crippen LogP contribution in [0, 0.1) is 0 Å². The van der Waals surface area contributed by atoms with E-state index in [1.54, 1.807) is 0 Å². The minimum atomic E-state index is 0.171. The maximum absolute atomic E-state index is 5.99. The van der Waals surface area contributed by atoms with E-state index in [9.17, 15) is 0 Å². The molecule has 2 nitrogen and oxygen atoms in total. The van der Waals surface area contributed by atoms with Crippen molar-refractivity contribution in [2.75, 3.05) is 13.2 Å². The Kier molecular flexibility index (Phi) is 4.31. The lowest BCUT2D eigenvalue weighted by atomic mass is 9.92. The topological polar surface area (TPSA) is 21.3 Å². The van der Waals surface area contributed by atoms with E-state index in [2.05, 4.69) is 12.2 Å². The Morgan fingerprint density at radius 2 is 1.94 bits per heavy atom. The molecule has 1 heterocycles. The molecule has 94 valence electrons. The standard InChI is InChI=1S/C13H17Cl2NO/c1-13(4-6-17-7-5-13)16-9-10-2-3-11(14)12(15)8-10/h2-3,8,16H,4-7,9H2,1H3. The van der Waals surface area contributed by atoms with Crippen molar-refractivity contribution in [3.63, 3.8) is 0 Å². The van der Waals surface area contributed by atoms with Crippen molar-refractivity contribution in [2.45, 2.75) is 31.8 Å². The van der Waals surface area contributed by atoms with Crippen LogP contribution < -0.4 is 5.32 Å². The van der Waals surface area contributed by atoms with Gasteiger partial charge in [0.1, 0.15) is 0 Å². The highest BCUT2D eigenvalue weighted by atomic mass is 35.5. The highest BCUT2D eigenvalue weighted by Gasteiger charge is 2.26. The molecule has 1 aromatic rings. The average molecular weight is 274 g/mol. The first-order valence-electron chi connectivity index (χ1n) is 5.86. The summed E-state index contributed by atoms with van der Waals surface area (Å²) in [6.45, 7) is 4.73. The monoisotopic (exact) mass is 273 g/mol. The van der Waals surface area contributed by atoms with E-state index in [-0.39, 0.29) is 5.54 Å². The summed E-state index contributed by atoms with van der Waals surface area (Å²) in [6.07, 6.45) is 2.10. The number of nitrogens with one attached hydrogen (secondary N) is 1. The van der Waals surface area contributed by atoms with Crippen molar-refractivity contribution < 1.29 is 4.74 Å². The summed E-state index contributed by atoms with van der Waals surface area (Å²) in [4.78, 5) is 0. The van der Waals surface area contributed by atoms with E-state index in [1.807, 2.05) is 18.2 Å². The summed E-state index contributed by atoms with van der Waals surface area (Å²) in [5.41, 5.74) is 1.33. The molecule has 1 saturated heterocycles. The highest BCUT2D eigenvalue weighted by Crippen LogP contribution is 2.24. The predicted octanol–water partition coefficient (Wildman–Crippen LogP) is 3.65. The number of hydrogen-bond acceptors (Lipinski definition) is 2.